The van der Waals surface area contributed by atoms with Crippen LogP contribution in [0, 0.1) is 5.82 Å². The second kappa shape index (κ2) is 7.53. The van der Waals surface area contributed by atoms with Crippen LogP contribution in [-0.4, -0.2) is 6.73 Å². The molecule has 1 aliphatic heterocycles. The van der Waals surface area contributed by atoms with Gasteiger partial charge < -0.3 is 9.15 Å². The Bertz CT molecular complexity index is 1010. The van der Waals surface area contributed by atoms with Gasteiger partial charge in [0.05, 0.1) is 5.56 Å². The summed E-state index contributed by atoms with van der Waals surface area (Å²) in [5.74, 6) is 0.544. The predicted octanol–water partition coefficient (Wildman–Crippen LogP) is 3.21. The van der Waals surface area contributed by atoms with E-state index in [0.717, 1.165) is 53.6 Å². The van der Waals surface area contributed by atoms with Crippen molar-refractivity contribution in [2.45, 2.75) is 39.3 Å². The van der Waals surface area contributed by atoms with E-state index in [1.807, 2.05) is 12.1 Å². The summed E-state index contributed by atoms with van der Waals surface area (Å²) < 4.78 is 24.7. The van der Waals surface area contributed by atoms with Gasteiger partial charge in [-0.1, -0.05) is 25.5 Å². The highest BCUT2D eigenvalue weighted by atomic mass is 19.1. The van der Waals surface area contributed by atoms with Gasteiger partial charge in [-0.25, -0.2) is 9.18 Å². The number of hydrogen-bond donors (Lipinski definition) is 1. The molecule has 0 aliphatic carbocycles. The fourth-order valence-corrected chi connectivity index (χ4v) is 3.69. The first-order valence-electron chi connectivity index (χ1n) is 9.43. The van der Waals surface area contributed by atoms with Gasteiger partial charge in [0.2, 0.25) is 6.73 Å². The van der Waals surface area contributed by atoms with E-state index in [1.54, 1.807) is 18.2 Å². The molecule has 1 unspecified atom stereocenters. The van der Waals surface area contributed by atoms with Crippen LogP contribution in [0.15, 0.2) is 51.7 Å². The maximum atomic E-state index is 13.1. The molecule has 2 heterocycles. The zero-order valence-electron chi connectivity index (χ0n) is 15.4. The second-order valence-electron chi connectivity index (χ2n) is 7.13. The van der Waals surface area contributed by atoms with Crippen LogP contribution in [0.5, 0.6) is 5.75 Å². The molecule has 4 nitrogen and oxygen atoms in total. The molecule has 0 radical (unpaired) electrons. The molecule has 140 valence electrons. The van der Waals surface area contributed by atoms with Gasteiger partial charge in [0, 0.05) is 17.0 Å². The summed E-state index contributed by atoms with van der Waals surface area (Å²) in [6, 6.07) is 12.1. The van der Waals surface area contributed by atoms with Crippen LogP contribution in [0.4, 0.5) is 4.39 Å². The highest BCUT2D eigenvalue weighted by Crippen LogP contribution is 2.30. The summed E-state index contributed by atoms with van der Waals surface area (Å²) >= 11 is 0. The van der Waals surface area contributed by atoms with E-state index < -0.39 is 0 Å². The Morgan fingerprint density at radius 3 is 2.74 bits per heavy atom. The number of halogens is 1. The van der Waals surface area contributed by atoms with Gasteiger partial charge in [0.1, 0.15) is 24.7 Å². The molecule has 27 heavy (non-hydrogen) atoms. The van der Waals surface area contributed by atoms with Crippen LogP contribution in [-0.2, 0) is 19.5 Å². The summed E-state index contributed by atoms with van der Waals surface area (Å²) in [6.07, 6.45) is 2.98. The molecule has 0 fully saturated rings. The minimum atomic E-state index is -0.312. The smallest absolute Gasteiger partial charge is 0.336 e. The minimum absolute atomic E-state index is 0.235. The largest absolute Gasteiger partial charge is 0.445 e. The van der Waals surface area contributed by atoms with Crippen molar-refractivity contribution in [2.75, 3.05) is 6.73 Å². The zero-order valence-corrected chi connectivity index (χ0v) is 15.4. The maximum Gasteiger partial charge on any atom is 0.336 e. The van der Waals surface area contributed by atoms with Crippen LogP contribution in [0.3, 0.4) is 0 Å². The van der Waals surface area contributed by atoms with E-state index in [2.05, 4.69) is 6.92 Å². The van der Waals surface area contributed by atoms with E-state index in [4.69, 9.17) is 9.15 Å². The molecule has 0 amide bonds. The number of nitrogens with one attached hydrogen (secondary N) is 1. The molecular formula is C22H23FNO3+. The highest BCUT2D eigenvalue weighted by Gasteiger charge is 2.25. The van der Waals surface area contributed by atoms with Gasteiger partial charge >= 0.3 is 5.63 Å². The Labute approximate surface area is 157 Å². The molecular weight excluding hydrogens is 345 g/mol. The molecule has 5 heteroatoms. The fourth-order valence-electron chi connectivity index (χ4n) is 3.69. The molecule has 4 rings (SSSR count). The molecule has 2 aromatic carbocycles. The molecule has 1 aliphatic rings. The van der Waals surface area contributed by atoms with Crippen molar-refractivity contribution in [3.8, 4) is 5.75 Å². The van der Waals surface area contributed by atoms with Crippen molar-refractivity contribution >= 4 is 11.0 Å². The Hall–Kier alpha value is -2.66. The normalized spacial score (nSPS) is 16.1. The average Bonchev–Trinajstić information content (AvgIpc) is 2.67. The van der Waals surface area contributed by atoms with E-state index in [9.17, 15) is 9.18 Å². The van der Waals surface area contributed by atoms with Crippen molar-refractivity contribution in [1.82, 2.24) is 0 Å². The topological polar surface area (TPSA) is 43.9 Å². The van der Waals surface area contributed by atoms with Crippen molar-refractivity contribution in [1.29, 1.82) is 0 Å². The lowest BCUT2D eigenvalue weighted by atomic mass is 10.0. The summed E-state index contributed by atoms with van der Waals surface area (Å²) in [6.45, 7) is 4.08. The van der Waals surface area contributed by atoms with E-state index >= 15 is 0 Å². The number of hydrogen-bond acceptors (Lipinski definition) is 3. The first-order chi connectivity index (χ1) is 13.1. The molecule has 3 aromatic rings. The van der Waals surface area contributed by atoms with Crippen LogP contribution in [0.25, 0.3) is 11.0 Å². The number of quaternary nitrogens is 1. The SMILES string of the molecule is CCCCc1cc(=O)oc2c3c(ccc12)OC[NH+](Cc1ccc(F)cc1)C3. The Kier molecular flexibility index (Phi) is 4.94. The number of unbranched alkanes of at least 4 members (excludes halogenated alkanes) is 1. The Balaban J connectivity index is 1.67. The van der Waals surface area contributed by atoms with Crippen LogP contribution in [0.2, 0.25) is 0 Å². The molecule has 0 spiro atoms. The zero-order chi connectivity index (χ0) is 18.8. The predicted molar refractivity (Wildman–Crippen MR) is 101 cm³/mol. The van der Waals surface area contributed by atoms with Gasteiger partial charge in [-0.2, -0.15) is 0 Å². The van der Waals surface area contributed by atoms with Crippen molar-refractivity contribution < 1.29 is 18.4 Å². The fraction of sp³-hybridized carbons (Fsp3) is 0.318. The molecule has 0 saturated heterocycles. The molecule has 1 N–H and O–H groups in total. The number of fused-ring (bicyclic) bond motifs is 3. The summed E-state index contributed by atoms with van der Waals surface area (Å²) in [5, 5.41) is 0.994. The molecule has 0 saturated carbocycles. The first-order valence-corrected chi connectivity index (χ1v) is 9.43. The maximum absolute atomic E-state index is 13.1. The minimum Gasteiger partial charge on any atom is -0.445 e. The number of benzene rings is 2. The second-order valence-corrected chi connectivity index (χ2v) is 7.13. The van der Waals surface area contributed by atoms with Gasteiger partial charge in [-0.05, 0) is 42.7 Å². The van der Waals surface area contributed by atoms with Crippen LogP contribution < -0.4 is 15.3 Å². The standard InChI is InChI=1S/C22H22FNO3/c1-2-3-4-16-11-21(25)27-22-18(16)9-10-20-19(22)13-24(14-26-20)12-15-5-7-17(23)8-6-15/h5-11H,2-4,12-14H2,1H3/p+1. The lowest BCUT2D eigenvalue weighted by molar-refractivity contribution is -0.945. The van der Waals surface area contributed by atoms with Crippen molar-refractivity contribution in [2.24, 2.45) is 0 Å². The Morgan fingerprint density at radius 2 is 1.96 bits per heavy atom. The third-order valence-electron chi connectivity index (χ3n) is 5.08. The molecule has 1 aromatic heterocycles. The van der Waals surface area contributed by atoms with Crippen molar-refractivity contribution in [3.63, 3.8) is 0 Å². The highest BCUT2D eigenvalue weighted by molar-refractivity contribution is 5.85. The lowest BCUT2D eigenvalue weighted by Gasteiger charge is -2.26. The van der Waals surface area contributed by atoms with Gasteiger partial charge in [0.25, 0.3) is 0 Å². The van der Waals surface area contributed by atoms with Gasteiger partial charge in [-0.15, -0.1) is 0 Å². The van der Waals surface area contributed by atoms with Gasteiger partial charge in [-0.3, -0.25) is 4.90 Å². The van der Waals surface area contributed by atoms with E-state index in [-0.39, 0.29) is 11.4 Å². The Morgan fingerprint density at radius 1 is 1.15 bits per heavy atom. The van der Waals surface area contributed by atoms with E-state index in [1.165, 1.54) is 17.0 Å². The average molecular weight is 368 g/mol. The third-order valence-corrected chi connectivity index (χ3v) is 5.08. The lowest BCUT2D eigenvalue weighted by Crippen LogP contribution is -3.10. The number of aryl methyl sites for hydroxylation is 1. The third kappa shape index (κ3) is 3.74. The number of ether oxygens (including phenoxy) is 1. The molecule has 0 bridgehead atoms. The summed E-state index contributed by atoms with van der Waals surface area (Å²) in [5.41, 5.74) is 3.35. The van der Waals surface area contributed by atoms with Crippen LogP contribution >= 0.6 is 0 Å². The molecule has 1 atom stereocenters. The van der Waals surface area contributed by atoms with Crippen LogP contribution in [0.1, 0.15) is 36.5 Å². The first kappa shape index (κ1) is 17.7. The van der Waals surface area contributed by atoms with Gasteiger partial charge in [0.15, 0.2) is 5.58 Å². The van der Waals surface area contributed by atoms with E-state index in [0.29, 0.717) is 18.9 Å². The summed E-state index contributed by atoms with van der Waals surface area (Å²) in [7, 11) is 0. The number of rotatable bonds is 5. The quantitative estimate of drug-likeness (QED) is 0.704. The summed E-state index contributed by atoms with van der Waals surface area (Å²) in [4.78, 5) is 13.3. The van der Waals surface area contributed by atoms with Crippen molar-refractivity contribution in [3.05, 3.63) is 75.4 Å². The monoisotopic (exact) mass is 368 g/mol.